The molecule has 0 bridgehead atoms. The molecule has 0 spiro atoms. The van der Waals surface area contributed by atoms with Gasteiger partial charge in [0.2, 0.25) is 11.8 Å². The summed E-state index contributed by atoms with van der Waals surface area (Å²) in [6, 6.07) is -0.668. The normalized spacial score (nSPS) is 34.2. The Morgan fingerprint density at radius 1 is 1.24 bits per heavy atom. The van der Waals surface area contributed by atoms with Crippen molar-refractivity contribution in [2.24, 2.45) is 17.3 Å². The Morgan fingerprint density at radius 2 is 1.95 bits per heavy atom. The Balaban J connectivity index is 1.81. The van der Waals surface area contributed by atoms with Crippen molar-refractivity contribution >= 4 is 11.8 Å². The van der Waals surface area contributed by atoms with Crippen LogP contribution in [0.1, 0.15) is 40.0 Å². The first kappa shape index (κ1) is 14.8. The number of ether oxygens (including phenoxy) is 1. The summed E-state index contributed by atoms with van der Waals surface area (Å²) >= 11 is 0. The first-order chi connectivity index (χ1) is 9.88. The molecule has 2 heterocycles. The fourth-order valence-corrected chi connectivity index (χ4v) is 3.41. The van der Waals surface area contributed by atoms with Crippen molar-refractivity contribution in [2.75, 3.05) is 19.8 Å². The van der Waals surface area contributed by atoms with Gasteiger partial charge in [-0.15, -0.1) is 0 Å². The number of nitrogens with one attached hydrogen (secondary N) is 1. The Bertz CT molecular complexity index is 433. The van der Waals surface area contributed by atoms with Gasteiger partial charge in [0.1, 0.15) is 12.1 Å². The summed E-state index contributed by atoms with van der Waals surface area (Å²) in [6.45, 7) is 8.16. The van der Waals surface area contributed by atoms with E-state index in [2.05, 4.69) is 5.32 Å². The van der Waals surface area contributed by atoms with Crippen molar-refractivity contribution in [1.29, 1.82) is 0 Å². The van der Waals surface area contributed by atoms with Crippen molar-refractivity contribution < 1.29 is 14.3 Å². The average molecular weight is 294 g/mol. The van der Waals surface area contributed by atoms with Crippen molar-refractivity contribution in [1.82, 2.24) is 10.2 Å². The molecule has 3 rings (SSSR count). The number of carbonyl (C=O) groups is 2. The minimum Gasteiger partial charge on any atom is -0.381 e. The third kappa shape index (κ3) is 2.93. The van der Waals surface area contributed by atoms with E-state index in [1.165, 1.54) is 0 Å². The summed E-state index contributed by atoms with van der Waals surface area (Å²) in [5, 5.41) is 2.97. The number of piperazine rings is 1. The second-order valence-corrected chi connectivity index (χ2v) is 7.81. The summed E-state index contributed by atoms with van der Waals surface area (Å²) in [4.78, 5) is 27.3. The highest BCUT2D eigenvalue weighted by Crippen LogP contribution is 2.39. The molecule has 1 N–H and O–H groups in total. The SMILES string of the molecule is CC(C)(C)C1NC(=O)C(C2CC2)N(CC2CCOC2)C1=O. The van der Waals surface area contributed by atoms with E-state index in [0.29, 0.717) is 25.0 Å². The number of rotatable bonds is 3. The van der Waals surface area contributed by atoms with E-state index in [4.69, 9.17) is 4.74 Å². The average Bonchev–Trinajstić information content (AvgIpc) is 3.08. The maximum Gasteiger partial charge on any atom is 0.246 e. The van der Waals surface area contributed by atoms with Crippen LogP contribution in [-0.4, -0.2) is 48.6 Å². The van der Waals surface area contributed by atoms with Crippen LogP contribution in [0.15, 0.2) is 0 Å². The minimum absolute atomic E-state index is 0.0379. The predicted molar refractivity (Wildman–Crippen MR) is 78.5 cm³/mol. The summed E-state index contributed by atoms with van der Waals surface area (Å²) < 4.78 is 5.43. The van der Waals surface area contributed by atoms with E-state index in [0.717, 1.165) is 25.9 Å². The lowest BCUT2D eigenvalue weighted by molar-refractivity contribution is -0.154. The summed E-state index contributed by atoms with van der Waals surface area (Å²) in [7, 11) is 0. The molecule has 0 aromatic heterocycles. The fraction of sp³-hybridized carbons (Fsp3) is 0.875. The number of carbonyl (C=O) groups excluding carboxylic acids is 2. The number of nitrogens with zero attached hydrogens (tertiary/aromatic N) is 1. The van der Waals surface area contributed by atoms with E-state index >= 15 is 0 Å². The molecular formula is C16H26N2O3. The van der Waals surface area contributed by atoms with E-state index in [9.17, 15) is 9.59 Å². The molecule has 3 atom stereocenters. The molecule has 3 fully saturated rings. The maximum absolute atomic E-state index is 12.9. The van der Waals surface area contributed by atoms with Crippen LogP contribution < -0.4 is 5.32 Å². The van der Waals surface area contributed by atoms with Gasteiger partial charge in [0.15, 0.2) is 0 Å². The van der Waals surface area contributed by atoms with Crippen LogP contribution in [0.5, 0.6) is 0 Å². The molecule has 2 amide bonds. The molecule has 0 aromatic carbocycles. The third-order valence-electron chi connectivity index (χ3n) is 4.83. The van der Waals surface area contributed by atoms with E-state index in [-0.39, 0.29) is 23.3 Å². The Kier molecular flexibility index (Phi) is 3.72. The lowest BCUT2D eigenvalue weighted by Crippen LogP contribution is -2.67. The molecule has 1 saturated carbocycles. The first-order valence-electron chi connectivity index (χ1n) is 8.06. The van der Waals surface area contributed by atoms with Gasteiger partial charge in [-0.1, -0.05) is 20.8 Å². The molecular weight excluding hydrogens is 268 g/mol. The monoisotopic (exact) mass is 294 g/mol. The van der Waals surface area contributed by atoms with Gasteiger partial charge in [-0.25, -0.2) is 0 Å². The summed E-state index contributed by atoms with van der Waals surface area (Å²) in [5.41, 5.74) is -0.258. The van der Waals surface area contributed by atoms with Crippen LogP contribution in [0.4, 0.5) is 0 Å². The van der Waals surface area contributed by atoms with Crippen LogP contribution in [-0.2, 0) is 14.3 Å². The Labute approximate surface area is 126 Å². The van der Waals surface area contributed by atoms with Gasteiger partial charge in [0, 0.05) is 19.1 Å². The highest BCUT2D eigenvalue weighted by molar-refractivity contribution is 5.97. The molecule has 5 nitrogen and oxygen atoms in total. The van der Waals surface area contributed by atoms with Crippen LogP contribution in [0.3, 0.4) is 0 Å². The maximum atomic E-state index is 12.9. The first-order valence-corrected chi connectivity index (χ1v) is 8.06. The zero-order chi connectivity index (χ0) is 15.2. The molecule has 2 saturated heterocycles. The molecule has 2 aliphatic heterocycles. The van der Waals surface area contributed by atoms with Gasteiger partial charge >= 0.3 is 0 Å². The lowest BCUT2D eigenvalue weighted by atomic mass is 9.83. The minimum atomic E-state index is -0.415. The van der Waals surface area contributed by atoms with Gasteiger partial charge in [-0.2, -0.15) is 0 Å². The Hall–Kier alpha value is -1.10. The number of hydrogen-bond donors (Lipinski definition) is 1. The van der Waals surface area contributed by atoms with E-state index in [1.54, 1.807) is 0 Å². The fourth-order valence-electron chi connectivity index (χ4n) is 3.41. The highest BCUT2D eigenvalue weighted by atomic mass is 16.5. The lowest BCUT2D eigenvalue weighted by Gasteiger charge is -2.44. The predicted octanol–water partition coefficient (Wildman–Crippen LogP) is 1.17. The molecule has 21 heavy (non-hydrogen) atoms. The topological polar surface area (TPSA) is 58.6 Å². The van der Waals surface area contributed by atoms with Gasteiger partial charge in [0.25, 0.3) is 0 Å². The van der Waals surface area contributed by atoms with Crippen molar-refractivity contribution in [3.8, 4) is 0 Å². The molecule has 0 aromatic rings. The molecule has 118 valence electrons. The van der Waals surface area contributed by atoms with Crippen molar-refractivity contribution in [3.05, 3.63) is 0 Å². The standard InChI is InChI=1S/C16H26N2O3/c1-16(2,3)13-15(20)18(8-10-6-7-21-9-10)12(11-4-5-11)14(19)17-13/h10-13H,4-9H2,1-3H3,(H,17,19). The van der Waals surface area contributed by atoms with E-state index < -0.39 is 6.04 Å². The van der Waals surface area contributed by atoms with Gasteiger partial charge in [-0.05, 0) is 30.6 Å². The zero-order valence-corrected chi connectivity index (χ0v) is 13.2. The van der Waals surface area contributed by atoms with Crippen LogP contribution in [0.2, 0.25) is 0 Å². The van der Waals surface area contributed by atoms with Crippen molar-refractivity contribution in [2.45, 2.75) is 52.1 Å². The highest BCUT2D eigenvalue weighted by Gasteiger charge is 2.50. The third-order valence-corrected chi connectivity index (χ3v) is 4.83. The number of hydrogen-bond acceptors (Lipinski definition) is 3. The summed E-state index contributed by atoms with van der Waals surface area (Å²) in [6.07, 6.45) is 3.11. The summed E-state index contributed by atoms with van der Waals surface area (Å²) in [5.74, 6) is 0.862. The molecule has 5 heteroatoms. The number of amides is 2. The van der Waals surface area contributed by atoms with Crippen molar-refractivity contribution in [3.63, 3.8) is 0 Å². The molecule has 1 aliphatic carbocycles. The van der Waals surface area contributed by atoms with Gasteiger partial charge < -0.3 is 15.0 Å². The molecule has 0 radical (unpaired) electrons. The molecule has 3 aliphatic rings. The Morgan fingerprint density at radius 3 is 2.48 bits per heavy atom. The van der Waals surface area contributed by atoms with Gasteiger partial charge in [-0.3, -0.25) is 9.59 Å². The second-order valence-electron chi connectivity index (χ2n) is 7.81. The van der Waals surface area contributed by atoms with Crippen LogP contribution in [0, 0.1) is 17.3 Å². The van der Waals surface area contributed by atoms with Gasteiger partial charge in [0.05, 0.1) is 6.61 Å². The van der Waals surface area contributed by atoms with Crippen LogP contribution in [0.25, 0.3) is 0 Å². The molecule has 3 unspecified atom stereocenters. The largest absolute Gasteiger partial charge is 0.381 e. The van der Waals surface area contributed by atoms with Crippen LogP contribution >= 0.6 is 0 Å². The second kappa shape index (κ2) is 5.27. The quantitative estimate of drug-likeness (QED) is 0.850. The van der Waals surface area contributed by atoms with E-state index in [1.807, 2.05) is 25.7 Å². The smallest absolute Gasteiger partial charge is 0.246 e. The zero-order valence-electron chi connectivity index (χ0n) is 13.2.